The van der Waals surface area contributed by atoms with Crippen LogP contribution in [0, 0.1) is 16.7 Å². The molecule has 2 aliphatic carbocycles. The van der Waals surface area contributed by atoms with Gasteiger partial charge in [0.2, 0.25) is 11.8 Å². The Morgan fingerprint density at radius 1 is 1.23 bits per heavy atom. The Morgan fingerprint density at radius 3 is 2.37 bits per heavy atom. The zero-order valence-electron chi connectivity index (χ0n) is 17.3. The number of carbonyl (C=O) groups excluding carboxylic acids is 2. The first-order valence-electron chi connectivity index (χ1n) is 10.7. The number of amides is 2. The molecule has 0 aromatic heterocycles. The molecule has 2 heterocycles. The molecule has 30 heavy (non-hydrogen) atoms. The normalized spacial score (nSPS) is 26.2. The summed E-state index contributed by atoms with van der Waals surface area (Å²) in [6, 6.07) is 1.27. The lowest BCUT2D eigenvalue weighted by Gasteiger charge is -2.54. The van der Waals surface area contributed by atoms with Gasteiger partial charge in [-0.3, -0.25) is 9.69 Å². The van der Waals surface area contributed by atoms with E-state index in [9.17, 15) is 18.4 Å². The SMILES string of the molecule is CC(F)(F)C[C@H](NC(=O)ON1CCC2(CC1)CN(C1CC1)C2)C(=O)NC1(C#N)CC1. The molecule has 0 bridgehead atoms. The van der Waals surface area contributed by atoms with Crippen LogP contribution >= 0.6 is 0 Å². The maximum atomic E-state index is 13.5. The minimum absolute atomic E-state index is 0.307. The van der Waals surface area contributed by atoms with Crippen LogP contribution in [0.3, 0.4) is 0 Å². The smallest absolute Gasteiger partial charge is 0.351 e. The van der Waals surface area contributed by atoms with Crippen LogP contribution < -0.4 is 10.6 Å². The minimum atomic E-state index is -3.16. The Balaban J connectivity index is 1.25. The molecule has 0 aromatic carbocycles. The van der Waals surface area contributed by atoms with Crippen LogP contribution in [0.15, 0.2) is 0 Å². The van der Waals surface area contributed by atoms with Gasteiger partial charge in [-0.2, -0.15) is 5.26 Å². The average molecular weight is 425 g/mol. The maximum absolute atomic E-state index is 13.5. The van der Waals surface area contributed by atoms with E-state index in [1.54, 1.807) is 0 Å². The van der Waals surface area contributed by atoms with Crippen LogP contribution in [0.1, 0.15) is 51.9 Å². The molecule has 2 amide bonds. The third-order valence-electron chi connectivity index (χ3n) is 6.63. The Morgan fingerprint density at radius 2 is 1.87 bits per heavy atom. The summed E-state index contributed by atoms with van der Waals surface area (Å²) in [5, 5.41) is 15.4. The number of halogens is 2. The molecule has 8 nitrogen and oxygen atoms in total. The molecule has 166 valence electrons. The van der Waals surface area contributed by atoms with Crippen molar-refractivity contribution in [1.82, 2.24) is 20.6 Å². The number of nitriles is 1. The number of hydrogen-bond acceptors (Lipinski definition) is 6. The van der Waals surface area contributed by atoms with Crippen LogP contribution in [-0.4, -0.2) is 71.7 Å². The number of rotatable bonds is 7. The summed E-state index contributed by atoms with van der Waals surface area (Å²) in [6.07, 6.45) is 3.60. The predicted molar refractivity (Wildman–Crippen MR) is 102 cm³/mol. The third-order valence-corrected chi connectivity index (χ3v) is 6.63. The van der Waals surface area contributed by atoms with Crippen molar-refractivity contribution in [1.29, 1.82) is 5.26 Å². The van der Waals surface area contributed by atoms with Crippen molar-refractivity contribution in [2.24, 2.45) is 5.41 Å². The largest absolute Gasteiger partial charge is 0.426 e. The fraction of sp³-hybridized carbons (Fsp3) is 0.850. The lowest BCUT2D eigenvalue weighted by Crippen LogP contribution is -2.61. The molecule has 0 unspecified atom stereocenters. The van der Waals surface area contributed by atoms with E-state index in [0.29, 0.717) is 38.3 Å². The molecule has 2 N–H and O–H groups in total. The maximum Gasteiger partial charge on any atom is 0.426 e. The van der Waals surface area contributed by atoms with E-state index < -0.39 is 35.9 Å². The van der Waals surface area contributed by atoms with Gasteiger partial charge in [-0.05, 0) is 50.9 Å². The van der Waals surface area contributed by atoms with Crippen molar-refractivity contribution in [2.45, 2.75) is 75.4 Å². The Bertz CT molecular complexity index is 726. The number of likely N-dealkylation sites (tertiary alicyclic amines) is 1. The van der Waals surface area contributed by atoms with Crippen molar-refractivity contribution in [3.63, 3.8) is 0 Å². The van der Waals surface area contributed by atoms with Gasteiger partial charge < -0.3 is 15.5 Å². The third kappa shape index (κ3) is 5.01. The van der Waals surface area contributed by atoms with Crippen LogP contribution in [-0.2, 0) is 9.63 Å². The fourth-order valence-electron chi connectivity index (χ4n) is 4.45. The molecular formula is C20H29F2N5O3. The molecule has 2 aliphatic heterocycles. The number of hydrogen-bond donors (Lipinski definition) is 2. The summed E-state index contributed by atoms with van der Waals surface area (Å²) >= 11 is 0. The highest BCUT2D eigenvalue weighted by Crippen LogP contribution is 2.45. The molecule has 0 aromatic rings. The van der Waals surface area contributed by atoms with Gasteiger partial charge in [-0.15, -0.1) is 5.06 Å². The summed E-state index contributed by atoms with van der Waals surface area (Å²) in [6.45, 7) is 4.07. The van der Waals surface area contributed by atoms with Crippen molar-refractivity contribution in [2.75, 3.05) is 26.2 Å². The first-order chi connectivity index (χ1) is 14.1. The standard InChI is InChI=1S/C20H29F2N5O3/c1-18(21,22)10-15(16(28)25-20(11-23)4-5-20)24-17(29)30-27-8-6-19(7-9-27)12-26(13-19)14-2-3-14/h14-15H,2-10,12-13H2,1H3,(H,24,29)(H,25,28)/t15-/m0/s1. The molecule has 4 rings (SSSR count). The summed E-state index contributed by atoms with van der Waals surface area (Å²) in [5.41, 5.74) is -0.691. The first-order valence-corrected chi connectivity index (χ1v) is 10.7. The molecule has 1 spiro atoms. The summed E-state index contributed by atoms with van der Waals surface area (Å²) in [7, 11) is 0. The topological polar surface area (TPSA) is 97.7 Å². The van der Waals surface area contributed by atoms with E-state index in [-0.39, 0.29) is 0 Å². The molecule has 2 saturated heterocycles. The van der Waals surface area contributed by atoms with Crippen molar-refractivity contribution in [3.05, 3.63) is 0 Å². The molecule has 1 atom stereocenters. The highest BCUT2D eigenvalue weighted by molar-refractivity contribution is 5.86. The van der Waals surface area contributed by atoms with Crippen molar-refractivity contribution < 1.29 is 23.2 Å². The van der Waals surface area contributed by atoms with E-state index in [1.165, 1.54) is 17.9 Å². The molecular weight excluding hydrogens is 396 g/mol. The minimum Gasteiger partial charge on any atom is -0.351 e. The van der Waals surface area contributed by atoms with Crippen LogP contribution in [0.5, 0.6) is 0 Å². The lowest BCUT2D eigenvalue weighted by molar-refractivity contribution is -0.156. The molecule has 0 radical (unpaired) electrons. The van der Waals surface area contributed by atoms with Gasteiger partial charge in [0.1, 0.15) is 11.6 Å². The monoisotopic (exact) mass is 425 g/mol. The Hall–Kier alpha value is -1.99. The van der Waals surface area contributed by atoms with E-state index in [1.807, 2.05) is 6.07 Å². The number of nitrogens with zero attached hydrogens (tertiary/aromatic N) is 3. The van der Waals surface area contributed by atoms with Gasteiger partial charge >= 0.3 is 6.09 Å². The van der Waals surface area contributed by atoms with E-state index in [2.05, 4.69) is 15.5 Å². The van der Waals surface area contributed by atoms with Gasteiger partial charge in [-0.1, -0.05) is 0 Å². The summed E-state index contributed by atoms with van der Waals surface area (Å²) < 4.78 is 27.1. The van der Waals surface area contributed by atoms with Crippen LogP contribution in [0.2, 0.25) is 0 Å². The van der Waals surface area contributed by atoms with Crippen LogP contribution in [0.4, 0.5) is 13.6 Å². The zero-order chi connectivity index (χ0) is 21.6. The van der Waals surface area contributed by atoms with Gasteiger partial charge in [0, 0.05) is 38.6 Å². The van der Waals surface area contributed by atoms with Crippen molar-refractivity contribution in [3.8, 4) is 6.07 Å². The van der Waals surface area contributed by atoms with Gasteiger partial charge in [0.15, 0.2) is 0 Å². The Labute approximate surface area is 174 Å². The van der Waals surface area contributed by atoms with Gasteiger partial charge in [0.25, 0.3) is 0 Å². The second-order valence-electron chi connectivity index (χ2n) is 9.60. The molecule has 4 aliphatic rings. The van der Waals surface area contributed by atoms with Gasteiger partial charge in [-0.25, -0.2) is 13.6 Å². The van der Waals surface area contributed by atoms with E-state index in [0.717, 1.165) is 32.0 Å². The number of hydroxylamine groups is 2. The second-order valence-corrected chi connectivity index (χ2v) is 9.60. The molecule has 4 fully saturated rings. The summed E-state index contributed by atoms with van der Waals surface area (Å²) in [4.78, 5) is 32.5. The molecule has 2 saturated carbocycles. The van der Waals surface area contributed by atoms with E-state index in [4.69, 9.17) is 10.1 Å². The predicted octanol–water partition coefficient (Wildman–Crippen LogP) is 1.77. The quantitative estimate of drug-likeness (QED) is 0.645. The number of alkyl halides is 2. The lowest BCUT2D eigenvalue weighted by atomic mass is 9.72. The Kier molecular flexibility index (Phi) is 5.39. The van der Waals surface area contributed by atoms with Gasteiger partial charge in [0.05, 0.1) is 6.07 Å². The summed E-state index contributed by atoms with van der Waals surface area (Å²) in [5.74, 6) is -3.95. The van der Waals surface area contributed by atoms with Crippen molar-refractivity contribution >= 4 is 12.0 Å². The fourth-order valence-corrected chi connectivity index (χ4v) is 4.45. The zero-order valence-corrected chi connectivity index (χ0v) is 17.3. The van der Waals surface area contributed by atoms with Crippen LogP contribution in [0.25, 0.3) is 0 Å². The number of nitrogens with one attached hydrogen (secondary N) is 2. The highest BCUT2D eigenvalue weighted by Gasteiger charge is 2.50. The number of piperidine rings is 1. The highest BCUT2D eigenvalue weighted by atomic mass is 19.3. The average Bonchev–Trinajstić information content (AvgIpc) is 3.54. The number of carbonyl (C=O) groups is 2. The van der Waals surface area contributed by atoms with E-state index >= 15 is 0 Å². The second kappa shape index (κ2) is 7.61. The first kappa shape index (κ1) is 21.2. The molecule has 10 heteroatoms.